The zero-order valence-electron chi connectivity index (χ0n) is 15.3. The maximum absolute atomic E-state index is 14.7. The Balaban J connectivity index is 1.66. The monoisotopic (exact) mass is 346 g/mol. The van der Waals surface area contributed by atoms with Gasteiger partial charge in [0.15, 0.2) is 5.78 Å². The summed E-state index contributed by atoms with van der Waals surface area (Å²) >= 11 is 0. The lowest BCUT2D eigenvalue weighted by Gasteiger charge is -2.58. The van der Waals surface area contributed by atoms with Crippen LogP contribution >= 0.6 is 0 Å². The van der Waals surface area contributed by atoms with Crippen molar-refractivity contribution in [2.24, 2.45) is 34.5 Å². The molecule has 2 fully saturated rings. The summed E-state index contributed by atoms with van der Waals surface area (Å²) in [4.78, 5) is 23.3. The van der Waals surface area contributed by atoms with Gasteiger partial charge in [-0.2, -0.15) is 0 Å². The van der Waals surface area contributed by atoms with Gasteiger partial charge in [0.1, 0.15) is 11.6 Å². The SMILES string of the molecule is CC(=O)OC1=C(F)C[C@H]2[C@@H]3CCC4CC(=O)C=C[C@]4(C)[C@@H]3CC[C@]12C. The van der Waals surface area contributed by atoms with Crippen LogP contribution in [0, 0.1) is 34.5 Å². The molecule has 0 radical (unpaired) electrons. The lowest BCUT2D eigenvalue weighted by atomic mass is 9.46. The lowest BCUT2D eigenvalue weighted by molar-refractivity contribution is -0.141. The Labute approximate surface area is 148 Å². The average Bonchev–Trinajstić information content (AvgIpc) is 2.79. The number of carbonyl (C=O) groups excluding carboxylic acids is 2. The van der Waals surface area contributed by atoms with Gasteiger partial charge < -0.3 is 4.74 Å². The van der Waals surface area contributed by atoms with Gasteiger partial charge in [-0.1, -0.05) is 19.9 Å². The Kier molecular flexibility index (Phi) is 3.75. The summed E-state index contributed by atoms with van der Waals surface area (Å²) in [6, 6.07) is 0. The third kappa shape index (κ3) is 2.36. The highest BCUT2D eigenvalue weighted by Crippen LogP contribution is 2.66. The van der Waals surface area contributed by atoms with E-state index in [1.165, 1.54) is 6.92 Å². The molecule has 4 aliphatic carbocycles. The highest BCUT2D eigenvalue weighted by molar-refractivity contribution is 5.91. The first-order valence-corrected chi connectivity index (χ1v) is 9.55. The minimum absolute atomic E-state index is 0.0405. The molecule has 2 saturated carbocycles. The molecule has 0 spiro atoms. The predicted octanol–water partition coefficient (Wildman–Crippen LogP) is 4.73. The van der Waals surface area contributed by atoms with Crippen LogP contribution in [0.2, 0.25) is 0 Å². The van der Waals surface area contributed by atoms with Crippen LogP contribution in [0.15, 0.2) is 23.7 Å². The fourth-order valence-electron chi connectivity index (χ4n) is 6.52. The van der Waals surface area contributed by atoms with Gasteiger partial charge in [0.25, 0.3) is 0 Å². The molecule has 25 heavy (non-hydrogen) atoms. The van der Waals surface area contributed by atoms with E-state index >= 15 is 0 Å². The van der Waals surface area contributed by atoms with Crippen molar-refractivity contribution >= 4 is 11.8 Å². The van der Waals surface area contributed by atoms with Gasteiger partial charge in [-0.15, -0.1) is 0 Å². The number of ketones is 1. The number of hydrogen-bond acceptors (Lipinski definition) is 3. The van der Waals surface area contributed by atoms with Crippen LogP contribution in [0.4, 0.5) is 4.39 Å². The minimum atomic E-state index is -0.432. The van der Waals surface area contributed by atoms with Gasteiger partial charge in [-0.05, 0) is 60.8 Å². The van der Waals surface area contributed by atoms with E-state index in [-0.39, 0.29) is 28.4 Å². The Morgan fingerprint density at radius 2 is 1.96 bits per heavy atom. The van der Waals surface area contributed by atoms with Crippen molar-refractivity contribution in [1.29, 1.82) is 0 Å². The van der Waals surface area contributed by atoms with Crippen molar-refractivity contribution < 1.29 is 18.7 Å². The van der Waals surface area contributed by atoms with Crippen LogP contribution in [0.3, 0.4) is 0 Å². The van der Waals surface area contributed by atoms with Crippen LogP contribution in [-0.4, -0.2) is 11.8 Å². The molecule has 0 N–H and O–H groups in total. The van der Waals surface area contributed by atoms with E-state index in [1.807, 2.05) is 0 Å². The molecule has 3 nitrogen and oxygen atoms in total. The maximum atomic E-state index is 14.7. The highest BCUT2D eigenvalue weighted by atomic mass is 19.1. The Bertz CT molecular complexity index is 693. The normalized spacial score (nSPS) is 45.7. The number of fused-ring (bicyclic) bond motifs is 5. The molecule has 136 valence electrons. The lowest BCUT2D eigenvalue weighted by Crippen LogP contribution is -2.52. The third-order valence-corrected chi connectivity index (χ3v) is 7.84. The standard InChI is InChI=1S/C21H27FO3/c1-12(23)25-19-18(22)11-17-15-5-4-13-10-14(24)6-8-20(13,2)16(15)7-9-21(17,19)3/h6,8,13,15-17H,4-5,7,9-11H2,1-3H3/t13?,15-,16-,17+,20+,21+/m1/s1. The summed E-state index contributed by atoms with van der Waals surface area (Å²) in [7, 11) is 0. The quantitative estimate of drug-likeness (QED) is 0.645. The highest BCUT2D eigenvalue weighted by Gasteiger charge is 2.60. The average molecular weight is 346 g/mol. The van der Waals surface area contributed by atoms with Crippen LogP contribution in [0.5, 0.6) is 0 Å². The molecule has 0 amide bonds. The molecule has 0 aliphatic heterocycles. The van der Waals surface area contributed by atoms with Crippen molar-refractivity contribution in [3.8, 4) is 0 Å². The topological polar surface area (TPSA) is 43.4 Å². The number of esters is 1. The molecule has 4 rings (SSSR count). The molecule has 4 heteroatoms. The largest absolute Gasteiger partial charge is 0.428 e. The summed E-state index contributed by atoms with van der Waals surface area (Å²) < 4.78 is 20.0. The molecule has 4 aliphatic rings. The molecule has 1 unspecified atom stereocenters. The number of ether oxygens (including phenoxy) is 1. The van der Waals surface area contributed by atoms with Gasteiger partial charge >= 0.3 is 5.97 Å². The second-order valence-electron chi connectivity index (χ2n) is 9.01. The molecule has 0 heterocycles. The van der Waals surface area contributed by atoms with Gasteiger partial charge in [0, 0.05) is 25.2 Å². The summed E-state index contributed by atoms with van der Waals surface area (Å²) in [6.07, 6.45) is 8.89. The molecule has 0 aromatic rings. The zero-order chi connectivity index (χ0) is 18.0. The molecule has 0 saturated heterocycles. The molecule has 0 bridgehead atoms. The fourth-order valence-corrected chi connectivity index (χ4v) is 6.52. The second-order valence-corrected chi connectivity index (χ2v) is 9.01. The van der Waals surface area contributed by atoms with E-state index in [0.717, 1.165) is 25.7 Å². The first-order chi connectivity index (χ1) is 11.8. The van der Waals surface area contributed by atoms with E-state index in [4.69, 9.17) is 4.74 Å². The number of rotatable bonds is 1. The van der Waals surface area contributed by atoms with Crippen LogP contribution in [-0.2, 0) is 14.3 Å². The van der Waals surface area contributed by atoms with Gasteiger partial charge in [0.2, 0.25) is 0 Å². The first kappa shape index (κ1) is 17.0. The fraction of sp³-hybridized carbons (Fsp3) is 0.714. The van der Waals surface area contributed by atoms with E-state index in [1.54, 1.807) is 6.08 Å². The molecule has 6 atom stereocenters. The second kappa shape index (κ2) is 5.52. The summed E-state index contributed by atoms with van der Waals surface area (Å²) in [5, 5.41) is 0. The Hall–Kier alpha value is -1.45. The van der Waals surface area contributed by atoms with Crippen LogP contribution < -0.4 is 0 Å². The van der Waals surface area contributed by atoms with E-state index in [0.29, 0.717) is 36.4 Å². The Morgan fingerprint density at radius 1 is 1.20 bits per heavy atom. The summed E-state index contributed by atoms with van der Waals surface area (Å²) in [5.74, 6) is 1.41. The number of carbonyl (C=O) groups is 2. The van der Waals surface area contributed by atoms with Gasteiger partial charge in [-0.3, -0.25) is 9.59 Å². The van der Waals surface area contributed by atoms with Gasteiger partial charge in [0.05, 0.1) is 0 Å². The predicted molar refractivity (Wildman–Crippen MR) is 91.9 cm³/mol. The van der Waals surface area contributed by atoms with Gasteiger partial charge in [-0.25, -0.2) is 4.39 Å². The first-order valence-electron chi connectivity index (χ1n) is 9.55. The Morgan fingerprint density at radius 3 is 2.68 bits per heavy atom. The van der Waals surface area contributed by atoms with Crippen LogP contribution in [0.1, 0.15) is 59.3 Å². The number of halogens is 1. The van der Waals surface area contributed by atoms with Crippen molar-refractivity contribution in [3.63, 3.8) is 0 Å². The van der Waals surface area contributed by atoms with Crippen molar-refractivity contribution in [3.05, 3.63) is 23.7 Å². The summed E-state index contributed by atoms with van der Waals surface area (Å²) in [5.41, 5.74) is -0.326. The maximum Gasteiger partial charge on any atom is 0.307 e. The number of allylic oxidation sites excluding steroid dienone is 4. The van der Waals surface area contributed by atoms with Crippen molar-refractivity contribution in [2.45, 2.75) is 59.3 Å². The smallest absolute Gasteiger partial charge is 0.307 e. The van der Waals surface area contributed by atoms with E-state index in [9.17, 15) is 14.0 Å². The summed E-state index contributed by atoms with van der Waals surface area (Å²) in [6.45, 7) is 5.72. The van der Waals surface area contributed by atoms with Crippen molar-refractivity contribution in [1.82, 2.24) is 0 Å². The molecular weight excluding hydrogens is 319 g/mol. The molecule has 0 aromatic heterocycles. The van der Waals surface area contributed by atoms with Crippen LogP contribution in [0.25, 0.3) is 0 Å². The van der Waals surface area contributed by atoms with E-state index in [2.05, 4.69) is 19.9 Å². The molecular formula is C21H27FO3. The molecule has 0 aromatic carbocycles. The van der Waals surface area contributed by atoms with E-state index < -0.39 is 5.97 Å². The van der Waals surface area contributed by atoms with Crippen molar-refractivity contribution in [2.75, 3.05) is 0 Å². The zero-order valence-corrected chi connectivity index (χ0v) is 15.3. The minimum Gasteiger partial charge on any atom is -0.428 e. The number of hydrogen-bond donors (Lipinski definition) is 0. The third-order valence-electron chi connectivity index (χ3n) is 7.84.